The predicted molar refractivity (Wildman–Crippen MR) is 84.2 cm³/mol. The Kier molecular flexibility index (Phi) is 3.97. The lowest BCUT2D eigenvalue weighted by Gasteiger charge is -2.34. The van der Waals surface area contributed by atoms with Crippen molar-refractivity contribution in [3.8, 4) is 0 Å². The molecule has 3 nitrogen and oxygen atoms in total. The van der Waals surface area contributed by atoms with Gasteiger partial charge in [-0.2, -0.15) is 0 Å². The molecule has 3 heteroatoms. The van der Waals surface area contributed by atoms with Gasteiger partial charge in [0, 0.05) is 36.9 Å². The third-order valence-corrected chi connectivity index (χ3v) is 4.55. The van der Waals surface area contributed by atoms with Gasteiger partial charge in [0.2, 0.25) is 0 Å². The summed E-state index contributed by atoms with van der Waals surface area (Å²) in [6.45, 7) is 10.0. The fourth-order valence-corrected chi connectivity index (χ4v) is 3.24. The van der Waals surface area contributed by atoms with Crippen molar-refractivity contribution in [1.29, 1.82) is 0 Å². The number of nitrogens with one attached hydrogen (secondary N) is 1. The molecule has 2 fully saturated rings. The normalized spacial score (nSPS) is 23.1. The van der Waals surface area contributed by atoms with E-state index in [4.69, 9.17) is 4.98 Å². The minimum Gasteiger partial charge on any atom is -0.356 e. The fraction of sp³-hybridized carbons (Fsp3) is 0.706. The van der Waals surface area contributed by atoms with Crippen LogP contribution in [0.2, 0.25) is 0 Å². The molecule has 0 radical (unpaired) electrons. The van der Waals surface area contributed by atoms with Crippen LogP contribution in [0.1, 0.15) is 49.4 Å². The van der Waals surface area contributed by atoms with E-state index >= 15 is 0 Å². The van der Waals surface area contributed by atoms with Gasteiger partial charge in [-0.15, -0.1) is 0 Å². The monoisotopic (exact) mass is 273 g/mol. The third kappa shape index (κ3) is 3.14. The van der Waals surface area contributed by atoms with Gasteiger partial charge in [-0.05, 0) is 57.1 Å². The number of hydrogen-bond donors (Lipinski definition) is 1. The molecule has 1 aliphatic carbocycles. The summed E-state index contributed by atoms with van der Waals surface area (Å²) in [6, 6.07) is 2.98. The summed E-state index contributed by atoms with van der Waals surface area (Å²) >= 11 is 0. The molecule has 0 spiro atoms. The molecule has 1 aromatic rings. The van der Waals surface area contributed by atoms with Gasteiger partial charge in [0.15, 0.2) is 0 Å². The molecule has 0 bridgehead atoms. The van der Waals surface area contributed by atoms with Crippen molar-refractivity contribution in [2.75, 3.05) is 18.0 Å². The highest BCUT2D eigenvalue weighted by molar-refractivity contribution is 5.52. The molecule has 2 heterocycles. The van der Waals surface area contributed by atoms with E-state index in [1.807, 2.05) is 0 Å². The summed E-state index contributed by atoms with van der Waals surface area (Å²) in [4.78, 5) is 7.39. The van der Waals surface area contributed by atoms with E-state index in [9.17, 15) is 0 Å². The van der Waals surface area contributed by atoms with Crippen molar-refractivity contribution in [2.24, 2.45) is 5.92 Å². The minimum atomic E-state index is 0.754. The highest BCUT2D eigenvalue weighted by atomic mass is 15.2. The zero-order valence-electron chi connectivity index (χ0n) is 13.1. The molecule has 1 saturated carbocycles. The number of hydrogen-bond acceptors (Lipinski definition) is 3. The van der Waals surface area contributed by atoms with Gasteiger partial charge < -0.3 is 10.2 Å². The van der Waals surface area contributed by atoms with E-state index < -0.39 is 0 Å². The molecule has 2 aliphatic rings. The van der Waals surface area contributed by atoms with E-state index in [2.05, 4.69) is 37.1 Å². The van der Waals surface area contributed by atoms with Crippen molar-refractivity contribution in [3.63, 3.8) is 0 Å². The van der Waals surface area contributed by atoms with Gasteiger partial charge in [-0.25, -0.2) is 4.98 Å². The number of piperidine rings is 1. The SMILES string of the molecule is Cc1cc(C)c(CNC2CC2)c(N2CCCC(C)C2)n1. The Bertz CT molecular complexity index is 479. The summed E-state index contributed by atoms with van der Waals surface area (Å²) in [5.41, 5.74) is 3.95. The number of pyridine rings is 1. The van der Waals surface area contributed by atoms with Gasteiger partial charge in [-0.3, -0.25) is 0 Å². The lowest BCUT2D eigenvalue weighted by Crippen LogP contribution is -2.36. The lowest BCUT2D eigenvalue weighted by molar-refractivity contribution is 0.443. The molecule has 1 saturated heterocycles. The van der Waals surface area contributed by atoms with Crippen molar-refractivity contribution < 1.29 is 0 Å². The topological polar surface area (TPSA) is 28.2 Å². The van der Waals surface area contributed by atoms with Crippen LogP contribution in [0.3, 0.4) is 0 Å². The van der Waals surface area contributed by atoms with Gasteiger partial charge in [0.05, 0.1) is 0 Å². The lowest BCUT2D eigenvalue weighted by atomic mass is 9.99. The second kappa shape index (κ2) is 5.72. The molecule has 1 atom stereocenters. The average Bonchev–Trinajstić information content (AvgIpc) is 3.21. The highest BCUT2D eigenvalue weighted by Gasteiger charge is 2.24. The van der Waals surface area contributed by atoms with Crippen LogP contribution in [0.4, 0.5) is 5.82 Å². The van der Waals surface area contributed by atoms with Crippen LogP contribution in [0.5, 0.6) is 0 Å². The van der Waals surface area contributed by atoms with Crippen molar-refractivity contribution in [1.82, 2.24) is 10.3 Å². The molecule has 0 amide bonds. The Balaban J connectivity index is 1.85. The molecule has 3 rings (SSSR count). The van der Waals surface area contributed by atoms with Crippen LogP contribution in [0.25, 0.3) is 0 Å². The Labute approximate surface area is 122 Å². The molecule has 1 aliphatic heterocycles. The standard InChI is InChI=1S/C17H27N3/c1-12-5-4-8-20(11-12)17-16(10-18-15-6-7-15)13(2)9-14(3)19-17/h9,12,15,18H,4-8,10-11H2,1-3H3. The first-order chi connectivity index (χ1) is 9.63. The van der Waals surface area contributed by atoms with E-state index in [0.717, 1.165) is 37.3 Å². The maximum atomic E-state index is 4.88. The average molecular weight is 273 g/mol. The number of aryl methyl sites for hydroxylation is 2. The quantitative estimate of drug-likeness (QED) is 0.913. The second-order valence-corrected chi connectivity index (χ2v) is 6.73. The Morgan fingerprint density at radius 1 is 1.30 bits per heavy atom. The predicted octanol–water partition coefficient (Wildman–Crippen LogP) is 3.19. The smallest absolute Gasteiger partial charge is 0.133 e. The Hall–Kier alpha value is -1.09. The summed E-state index contributed by atoms with van der Waals surface area (Å²) in [5, 5.41) is 3.66. The van der Waals surface area contributed by atoms with Crippen molar-refractivity contribution in [3.05, 3.63) is 22.9 Å². The number of aromatic nitrogens is 1. The molecule has 110 valence electrons. The first-order valence-electron chi connectivity index (χ1n) is 8.09. The number of rotatable bonds is 4. The first kappa shape index (κ1) is 13.9. The summed E-state index contributed by atoms with van der Waals surface area (Å²) in [6.07, 6.45) is 5.34. The maximum Gasteiger partial charge on any atom is 0.133 e. The summed E-state index contributed by atoms with van der Waals surface area (Å²) in [7, 11) is 0. The van der Waals surface area contributed by atoms with Crippen LogP contribution < -0.4 is 10.2 Å². The van der Waals surface area contributed by atoms with Crippen LogP contribution in [0.15, 0.2) is 6.07 Å². The Morgan fingerprint density at radius 2 is 2.10 bits per heavy atom. The molecule has 1 N–H and O–H groups in total. The maximum absolute atomic E-state index is 4.88. The second-order valence-electron chi connectivity index (χ2n) is 6.73. The fourth-order valence-electron chi connectivity index (χ4n) is 3.24. The van der Waals surface area contributed by atoms with Crippen LogP contribution in [0, 0.1) is 19.8 Å². The largest absolute Gasteiger partial charge is 0.356 e. The van der Waals surface area contributed by atoms with Gasteiger partial charge in [0.25, 0.3) is 0 Å². The molecular weight excluding hydrogens is 246 g/mol. The summed E-state index contributed by atoms with van der Waals surface area (Å²) < 4.78 is 0. The molecule has 20 heavy (non-hydrogen) atoms. The van der Waals surface area contributed by atoms with E-state index in [1.165, 1.54) is 42.6 Å². The van der Waals surface area contributed by atoms with Gasteiger partial charge >= 0.3 is 0 Å². The van der Waals surface area contributed by atoms with Crippen molar-refractivity contribution in [2.45, 2.75) is 59.0 Å². The van der Waals surface area contributed by atoms with Gasteiger partial charge in [-0.1, -0.05) is 6.92 Å². The zero-order chi connectivity index (χ0) is 14.1. The van der Waals surface area contributed by atoms with E-state index in [1.54, 1.807) is 0 Å². The minimum absolute atomic E-state index is 0.754. The molecule has 1 unspecified atom stereocenters. The van der Waals surface area contributed by atoms with E-state index in [-0.39, 0.29) is 0 Å². The number of nitrogens with zero attached hydrogens (tertiary/aromatic N) is 2. The Morgan fingerprint density at radius 3 is 2.80 bits per heavy atom. The zero-order valence-corrected chi connectivity index (χ0v) is 13.1. The van der Waals surface area contributed by atoms with Crippen LogP contribution in [-0.2, 0) is 6.54 Å². The number of anilines is 1. The van der Waals surface area contributed by atoms with Crippen LogP contribution in [-0.4, -0.2) is 24.1 Å². The third-order valence-electron chi connectivity index (χ3n) is 4.55. The van der Waals surface area contributed by atoms with Crippen molar-refractivity contribution >= 4 is 5.82 Å². The molecule has 0 aromatic carbocycles. The first-order valence-corrected chi connectivity index (χ1v) is 8.09. The highest BCUT2D eigenvalue weighted by Crippen LogP contribution is 2.28. The van der Waals surface area contributed by atoms with Crippen LogP contribution >= 0.6 is 0 Å². The molecular formula is C17H27N3. The molecule has 1 aromatic heterocycles. The van der Waals surface area contributed by atoms with Gasteiger partial charge in [0.1, 0.15) is 5.82 Å². The van der Waals surface area contributed by atoms with E-state index in [0.29, 0.717) is 0 Å². The summed E-state index contributed by atoms with van der Waals surface area (Å²) in [5.74, 6) is 2.03.